The first kappa shape index (κ1) is 23.6. The van der Waals surface area contributed by atoms with Gasteiger partial charge in [0, 0.05) is 19.0 Å². The molecule has 0 bridgehead atoms. The van der Waals surface area contributed by atoms with E-state index < -0.39 is 5.60 Å². The van der Waals surface area contributed by atoms with Gasteiger partial charge in [-0.1, -0.05) is 24.3 Å². The maximum Gasteiger partial charge on any atom is 0.494 e. The van der Waals surface area contributed by atoms with Crippen molar-refractivity contribution in [3.8, 4) is 0 Å². The van der Waals surface area contributed by atoms with Crippen LogP contribution in [0.25, 0.3) is 0 Å². The number of nitrogens with zero attached hydrogens (tertiary/aromatic N) is 1. The summed E-state index contributed by atoms with van der Waals surface area (Å²) < 4.78 is 24.4. The fourth-order valence-electron chi connectivity index (χ4n) is 4.77. The van der Waals surface area contributed by atoms with Gasteiger partial charge >= 0.3 is 13.2 Å². The molecular formula is C25H38BNO5. The molecule has 4 rings (SSSR count). The van der Waals surface area contributed by atoms with Crippen LogP contribution >= 0.6 is 0 Å². The second-order valence-corrected chi connectivity index (χ2v) is 11.6. The fraction of sp³-hybridized carbons (Fsp3) is 0.720. The highest BCUT2D eigenvalue weighted by molar-refractivity contribution is 6.62. The highest BCUT2D eigenvalue weighted by Gasteiger charge is 2.52. The van der Waals surface area contributed by atoms with Crippen molar-refractivity contribution in [2.45, 2.75) is 96.1 Å². The van der Waals surface area contributed by atoms with Crippen molar-refractivity contribution in [3.05, 3.63) is 29.8 Å². The summed E-state index contributed by atoms with van der Waals surface area (Å²) >= 11 is 0. The van der Waals surface area contributed by atoms with Gasteiger partial charge in [0.2, 0.25) is 0 Å². The summed E-state index contributed by atoms with van der Waals surface area (Å²) in [6.07, 6.45) is 2.44. The third-order valence-corrected chi connectivity index (χ3v) is 7.44. The van der Waals surface area contributed by atoms with Crippen molar-refractivity contribution in [1.82, 2.24) is 4.90 Å². The SMILES string of the molecule is CC(C)(C)OC(=O)N1CCC2(CC1)C[C@H](c1cccc(B3OC(C)(C)C(C)(C)O3)c1)CO2. The Kier molecular flexibility index (Phi) is 5.92. The average Bonchev–Trinajstić information content (AvgIpc) is 3.19. The number of rotatable bonds is 2. The maximum atomic E-state index is 12.4. The van der Waals surface area contributed by atoms with E-state index in [4.69, 9.17) is 18.8 Å². The fourth-order valence-corrected chi connectivity index (χ4v) is 4.77. The van der Waals surface area contributed by atoms with Crippen molar-refractivity contribution in [3.63, 3.8) is 0 Å². The van der Waals surface area contributed by atoms with Crippen LogP contribution in [0.5, 0.6) is 0 Å². The van der Waals surface area contributed by atoms with Gasteiger partial charge in [-0.2, -0.15) is 0 Å². The van der Waals surface area contributed by atoms with Crippen LogP contribution in [0.1, 0.15) is 79.2 Å². The molecule has 1 spiro atoms. The largest absolute Gasteiger partial charge is 0.494 e. The molecule has 176 valence electrons. The minimum Gasteiger partial charge on any atom is -0.444 e. The summed E-state index contributed by atoms with van der Waals surface area (Å²) in [7, 11) is -0.353. The molecule has 0 saturated carbocycles. The Bertz CT molecular complexity index is 838. The second-order valence-electron chi connectivity index (χ2n) is 11.6. The van der Waals surface area contributed by atoms with E-state index >= 15 is 0 Å². The molecule has 1 aromatic carbocycles. The molecular weight excluding hydrogens is 405 g/mol. The second kappa shape index (κ2) is 8.03. The van der Waals surface area contributed by atoms with Gasteiger partial charge in [-0.25, -0.2) is 4.79 Å². The Labute approximate surface area is 193 Å². The molecule has 0 aromatic heterocycles. The van der Waals surface area contributed by atoms with Gasteiger partial charge < -0.3 is 23.7 Å². The zero-order valence-electron chi connectivity index (χ0n) is 20.7. The number of hydrogen-bond donors (Lipinski definition) is 0. The highest BCUT2D eigenvalue weighted by atomic mass is 16.7. The van der Waals surface area contributed by atoms with Crippen molar-refractivity contribution < 1.29 is 23.6 Å². The molecule has 32 heavy (non-hydrogen) atoms. The molecule has 6 nitrogen and oxygen atoms in total. The van der Waals surface area contributed by atoms with E-state index in [2.05, 4.69) is 52.0 Å². The molecule has 3 heterocycles. The van der Waals surface area contributed by atoms with Gasteiger partial charge in [0.15, 0.2) is 0 Å². The summed E-state index contributed by atoms with van der Waals surface area (Å²) in [5.41, 5.74) is 1.00. The van der Waals surface area contributed by atoms with Crippen LogP contribution < -0.4 is 5.46 Å². The summed E-state index contributed by atoms with van der Waals surface area (Å²) in [6.45, 7) is 16.1. The molecule has 3 saturated heterocycles. The molecule has 0 radical (unpaired) electrons. The lowest BCUT2D eigenvalue weighted by Crippen LogP contribution is -2.47. The number of ether oxygens (including phenoxy) is 2. The number of carbonyl (C=O) groups is 1. The molecule has 3 aliphatic heterocycles. The third kappa shape index (κ3) is 4.71. The van der Waals surface area contributed by atoms with E-state index in [1.165, 1.54) is 5.56 Å². The van der Waals surface area contributed by atoms with Gasteiger partial charge in [-0.3, -0.25) is 0 Å². The van der Waals surface area contributed by atoms with E-state index in [9.17, 15) is 4.79 Å². The zero-order valence-corrected chi connectivity index (χ0v) is 20.7. The van der Waals surface area contributed by atoms with E-state index in [1.807, 2.05) is 25.7 Å². The molecule has 3 fully saturated rings. The van der Waals surface area contributed by atoms with Gasteiger partial charge in [-0.05, 0) is 78.8 Å². The van der Waals surface area contributed by atoms with Gasteiger partial charge in [0.1, 0.15) is 5.60 Å². The number of benzene rings is 1. The molecule has 1 amide bonds. The van der Waals surface area contributed by atoms with E-state index in [1.54, 1.807) is 0 Å². The molecule has 1 atom stereocenters. The van der Waals surface area contributed by atoms with E-state index in [0.717, 1.165) is 24.7 Å². The number of likely N-dealkylation sites (tertiary alicyclic amines) is 1. The van der Waals surface area contributed by atoms with Crippen LogP contribution in [0.15, 0.2) is 24.3 Å². The number of piperidine rings is 1. The van der Waals surface area contributed by atoms with Crippen LogP contribution in [0.3, 0.4) is 0 Å². The van der Waals surface area contributed by atoms with Gasteiger partial charge in [0.25, 0.3) is 0 Å². The number of hydrogen-bond acceptors (Lipinski definition) is 5. The standard InChI is InChI=1S/C25H38BNO5/c1-22(2,3)30-21(28)27-13-11-25(12-14-27)16-19(17-29-25)18-9-8-10-20(15-18)26-31-23(4,5)24(6,7)32-26/h8-10,15,19H,11-14,16-17H2,1-7H3/t19-/m0/s1. The van der Waals surface area contributed by atoms with Crippen molar-refractivity contribution in [2.24, 2.45) is 0 Å². The van der Waals surface area contributed by atoms with Gasteiger partial charge in [0.05, 0.1) is 23.4 Å². The highest BCUT2D eigenvalue weighted by Crippen LogP contribution is 2.43. The average molecular weight is 443 g/mol. The minimum atomic E-state index is -0.469. The van der Waals surface area contributed by atoms with E-state index in [-0.39, 0.29) is 30.0 Å². The minimum absolute atomic E-state index is 0.149. The Balaban J connectivity index is 1.39. The zero-order chi connectivity index (χ0) is 23.4. The summed E-state index contributed by atoms with van der Waals surface area (Å²) in [4.78, 5) is 14.2. The van der Waals surface area contributed by atoms with Crippen LogP contribution in [0.4, 0.5) is 4.79 Å². The third-order valence-electron chi connectivity index (χ3n) is 7.44. The lowest BCUT2D eigenvalue weighted by atomic mass is 9.76. The molecule has 7 heteroatoms. The van der Waals surface area contributed by atoms with Crippen LogP contribution in [-0.4, -0.2) is 60.2 Å². The van der Waals surface area contributed by atoms with Crippen molar-refractivity contribution in [1.29, 1.82) is 0 Å². The predicted octanol–water partition coefficient (Wildman–Crippen LogP) is 4.26. The van der Waals surface area contributed by atoms with Crippen LogP contribution in [0.2, 0.25) is 0 Å². The monoisotopic (exact) mass is 443 g/mol. The maximum absolute atomic E-state index is 12.4. The molecule has 0 unspecified atom stereocenters. The molecule has 0 aliphatic carbocycles. The Morgan fingerprint density at radius 1 is 1.09 bits per heavy atom. The first-order chi connectivity index (χ1) is 14.8. The molecule has 0 N–H and O–H groups in total. The number of carbonyl (C=O) groups excluding carboxylic acids is 1. The van der Waals surface area contributed by atoms with Crippen molar-refractivity contribution in [2.75, 3.05) is 19.7 Å². The summed E-state index contributed by atoms with van der Waals surface area (Å²) in [5.74, 6) is 0.338. The molecule has 1 aromatic rings. The Hall–Kier alpha value is -1.57. The first-order valence-electron chi connectivity index (χ1n) is 11.9. The first-order valence-corrected chi connectivity index (χ1v) is 11.9. The van der Waals surface area contributed by atoms with Crippen LogP contribution in [-0.2, 0) is 18.8 Å². The summed E-state index contributed by atoms with van der Waals surface area (Å²) in [5, 5.41) is 0. The Morgan fingerprint density at radius 3 is 2.31 bits per heavy atom. The smallest absolute Gasteiger partial charge is 0.444 e. The van der Waals surface area contributed by atoms with Gasteiger partial charge in [-0.15, -0.1) is 0 Å². The van der Waals surface area contributed by atoms with E-state index in [0.29, 0.717) is 25.6 Å². The number of amides is 1. The van der Waals surface area contributed by atoms with Crippen molar-refractivity contribution >= 4 is 18.7 Å². The normalized spacial score (nSPS) is 26.5. The quantitative estimate of drug-likeness (QED) is 0.640. The Morgan fingerprint density at radius 2 is 1.72 bits per heavy atom. The predicted molar refractivity (Wildman–Crippen MR) is 125 cm³/mol. The van der Waals surface area contributed by atoms with Crippen LogP contribution in [0, 0.1) is 0 Å². The molecule has 3 aliphatic rings. The summed E-state index contributed by atoms with van der Waals surface area (Å²) in [6, 6.07) is 8.56. The lowest BCUT2D eigenvalue weighted by molar-refractivity contribution is -0.0485. The lowest BCUT2D eigenvalue weighted by Gasteiger charge is -2.39. The topological polar surface area (TPSA) is 57.2 Å².